The van der Waals surface area contributed by atoms with Gasteiger partial charge in [0.2, 0.25) is 0 Å². The van der Waals surface area contributed by atoms with E-state index in [1.165, 1.54) is 4.90 Å². The summed E-state index contributed by atoms with van der Waals surface area (Å²) in [6, 6.07) is 13.4. The lowest BCUT2D eigenvalue weighted by atomic mass is 10.1. The molecule has 2 aromatic rings. The second-order valence-corrected chi connectivity index (χ2v) is 8.10. The number of benzene rings is 2. The Balaban J connectivity index is 1.80. The van der Waals surface area contributed by atoms with Crippen LogP contribution in [0.5, 0.6) is 11.5 Å². The number of thioether (sulfide) groups is 1. The van der Waals surface area contributed by atoms with Gasteiger partial charge in [-0.2, -0.15) is 0 Å². The lowest BCUT2D eigenvalue weighted by Gasteiger charge is -2.13. The van der Waals surface area contributed by atoms with Crippen LogP contribution >= 0.6 is 27.7 Å². The van der Waals surface area contributed by atoms with Crippen molar-refractivity contribution >= 4 is 44.9 Å². The maximum atomic E-state index is 12.8. The predicted molar refractivity (Wildman–Crippen MR) is 119 cm³/mol. The highest BCUT2D eigenvalue weighted by Gasteiger charge is 2.34. The van der Waals surface area contributed by atoms with E-state index in [9.17, 15) is 9.59 Å². The van der Waals surface area contributed by atoms with Gasteiger partial charge in [-0.05, 0) is 61.4 Å². The molecule has 0 saturated carbocycles. The van der Waals surface area contributed by atoms with Crippen molar-refractivity contribution in [3.63, 3.8) is 0 Å². The van der Waals surface area contributed by atoms with Crippen molar-refractivity contribution in [2.75, 3.05) is 19.8 Å². The minimum Gasteiger partial charge on any atom is -0.490 e. The monoisotopic (exact) mass is 475 g/mol. The first kappa shape index (κ1) is 21.5. The summed E-state index contributed by atoms with van der Waals surface area (Å²) in [5.41, 5.74) is 1.84. The van der Waals surface area contributed by atoms with E-state index in [0.29, 0.717) is 42.6 Å². The summed E-state index contributed by atoms with van der Waals surface area (Å²) in [4.78, 5) is 26.8. The maximum Gasteiger partial charge on any atom is 0.293 e. The Labute approximate surface area is 183 Å². The lowest BCUT2D eigenvalue weighted by molar-refractivity contribution is -0.122. The summed E-state index contributed by atoms with van der Waals surface area (Å²) in [5, 5.41) is -0.246. The highest BCUT2D eigenvalue weighted by atomic mass is 79.9. The number of amides is 2. The Morgan fingerprint density at radius 3 is 2.34 bits per heavy atom. The van der Waals surface area contributed by atoms with Gasteiger partial charge in [-0.1, -0.05) is 46.3 Å². The standard InChI is InChI=1S/C22H22BrNO4S/c1-3-27-18-12-16(17(23)14-19(18)28-4-2)13-20-21(25)24(22(26)29-20)11-10-15-8-6-5-7-9-15/h5-9,12-14H,3-4,10-11H2,1-2H3/b20-13-. The number of carbonyl (C=O) groups excluding carboxylic acids is 2. The van der Waals surface area contributed by atoms with Gasteiger partial charge in [-0.3, -0.25) is 14.5 Å². The van der Waals surface area contributed by atoms with Crippen LogP contribution in [0.25, 0.3) is 6.08 Å². The highest BCUT2D eigenvalue weighted by molar-refractivity contribution is 9.10. The van der Waals surface area contributed by atoms with Gasteiger partial charge in [0.25, 0.3) is 11.1 Å². The predicted octanol–water partition coefficient (Wildman–Crippen LogP) is 5.53. The molecule has 1 fully saturated rings. The zero-order chi connectivity index (χ0) is 20.8. The van der Waals surface area contributed by atoms with Crippen LogP contribution in [0.1, 0.15) is 25.0 Å². The molecule has 0 N–H and O–H groups in total. The van der Waals surface area contributed by atoms with E-state index in [4.69, 9.17) is 9.47 Å². The van der Waals surface area contributed by atoms with Crippen LogP contribution in [0.4, 0.5) is 4.79 Å². The fourth-order valence-electron chi connectivity index (χ4n) is 2.92. The normalized spacial score (nSPS) is 15.3. The van der Waals surface area contributed by atoms with Crippen LogP contribution in [0.2, 0.25) is 0 Å². The third kappa shape index (κ3) is 5.22. The quantitative estimate of drug-likeness (QED) is 0.470. The van der Waals surface area contributed by atoms with Gasteiger partial charge in [0.15, 0.2) is 11.5 Å². The van der Waals surface area contributed by atoms with E-state index >= 15 is 0 Å². The molecule has 0 bridgehead atoms. The third-order valence-corrected chi connectivity index (χ3v) is 5.88. The van der Waals surface area contributed by atoms with Crippen molar-refractivity contribution < 1.29 is 19.1 Å². The van der Waals surface area contributed by atoms with Gasteiger partial charge < -0.3 is 9.47 Å². The maximum absolute atomic E-state index is 12.8. The fourth-order valence-corrected chi connectivity index (χ4v) is 4.21. The van der Waals surface area contributed by atoms with Crippen LogP contribution in [0.15, 0.2) is 51.8 Å². The van der Waals surface area contributed by atoms with Gasteiger partial charge in [-0.15, -0.1) is 0 Å². The first-order valence-corrected chi connectivity index (χ1v) is 11.0. The Hall–Kier alpha value is -2.25. The van der Waals surface area contributed by atoms with Gasteiger partial charge in [-0.25, -0.2) is 0 Å². The van der Waals surface area contributed by atoms with Crippen LogP contribution in [-0.2, 0) is 11.2 Å². The Morgan fingerprint density at radius 1 is 1.03 bits per heavy atom. The zero-order valence-corrected chi connectivity index (χ0v) is 18.7. The second kappa shape index (κ2) is 9.98. The molecule has 1 aliphatic heterocycles. The van der Waals surface area contributed by atoms with E-state index in [1.54, 1.807) is 6.08 Å². The summed E-state index contributed by atoms with van der Waals surface area (Å²) in [5.74, 6) is 0.969. The van der Waals surface area contributed by atoms with Crippen LogP contribution in [0, 0.1) is 0 Å². The van der Waals surface area contributed by atoms with E-state index in [2.05, 4.69) is 15.9 Å². The lowest BCUT2D eigenvalue weighted by Crippen LogP contribution is -2.30. The number of halogens is 1. The molecule has 2 aromatic carbocycles. The Bertz CT molecular complexity index is 930. The summed E-state index contributed by atoms with van der Waals surface area (Å²) >= 11 is 4.48. The van der Waals surface area contributed by atoms with Crippen molar-refractivity contribution in [3.05, 3.63) is 63.0 Å². The van der Waals surface area contributed by atoms with Crippen LogP contribution in [-0.4, -0.2) is 35.8 Å². The average molecular weight is 476 g/mol. The van der Waals surface area contributed by atoms with Gasteiger partial charge in [0, 0.05) is 11.0 Å². The minimum absolute atomic E-state index is 0.246. The van der Waals surface area contributed by atoms with Crippen LogP contribution < -0.4 is 9.47 Å². The summed E-state index contributed by atoms with van der Waals surface area (Å²) in [6.07, 6.45) is 2.35. The van der Waals surface area contributed by atoms with Gasteiger partial charge in [0.1, 0.15) is 0 Å². The molecule has 3 rings (SSSR count). The SMILES string of the molecule is CCOc1cc(Br)c(/C=C2\SC(=O)N(CCc3ccccc3)C2=O)cc1OCC. The van der Waals surface area contributed by atoms with Crippen molar-refractivity contribution in [1.29, 1.82) is 0 Å². The number of nitrogens with zero attached hydrogens (tertiary/aromatic N) is 1. The zero-order valence-electron chi connectivity index (χ0n) is 16.3. The molecule has 0 spiro atoms. The molecule has 0 unspecified atom stereocenters. The number of imide groups is 1. The molecule has 1 aliphatic rings. The number of rotatable bonds is 8. The summed E-state index contributed by atoms with van der Waals surface area (Å²) in [7, 11) is 0. The molecule has 0 aliphatic carbocycles. The van der Waals surface area contributed by atoms with E-state index in [0.717, 1.165) is 27.4 Å². The number of hydrogen-bond acceptors (Lipinski definition) is 5. The smallest absolute Gasteiger partial charge is 0.293 e. The largest absolute Gasteiger partial charge is 0.490 e. The number of hydrogen-bond donors (Lipinski definition) is 0. The van der Waals surface area contributed by atoms with E-state index in [-0.39, 0.29) is 11.1 Å². The molecule has 0 radical (unpaired) electrons. The Kier molecular flexibility index (Phi) is 7.39. The Morgan fingerprint density at radius 2 is 1.69 bits per heavy atom. The highest BCUT2D eigenvalue weighted by Crippen LogP contribution is 2.38. The summed E-state index contributed by atoms with van der Waals surface area (Å²) < 4.78 is 12.0. The van der Waals surface area contributed by atoms with Crippen molar-refractivity contribution in [1.82, 2.24) is 4.90 Å². The molecule has 152 valence electrons. The summed E-state index contributed by atoms with van der Waals surface area (Å²) in [6.45, 7) is 5.18. The molecule has 0 atom stereocenters. The minimum atomic E-state index is -0.269. The fraction of sp³-hybridized carbons (Fsp3) is 0.273. The molecule has 1 heterocycles. The number of ether oxygens (including phenoxy) is 2. The topological polar surface area (TPSA) is 55.8 Å². The van der Waals surface area contributed by atoms with Crippen molar-refractivity contribution in [2.45, 2.75) is 20.3 Å². The van der Waals surface area contributed by atoms with Gasteiger partial charge in [0.05, 0.1) is 18.1 Å². The van der Waals surface area contributed by atoms with Crippen LogP contribution in [0.3, 0.4) is 0 Å². The second-order valence-electron chi connectivity index (χ2n) is 6.26. The first-order valence-electron chi connectivity index (χ1n) is 9.42. The number of carbonyl (C=O) groups is 2. The van der Waals surface area contributed by atoms with E-state index in [1.807, 2.05) is 56.3 Å². The average Bonchev–Trinajstić information content (AvgIpc) is 2.97. The van der Waals surface area contributed by atoms with Crippen molar-refractivity contribution in [2.24, 2.45) is 0 Å². The molecule has 5 nitrogen and oxygen atoms in total. The molecular formula is C22H22BrNO4S. The van der Waals surface area contributed by atoms with Gasteiger partial charge >= 0.3 is 0 Å². The van der Waals surface area contributed by atoms with Crippen molar-refractivity contribution in [3.8, 4) is 11.5 Å². The molecule has 2 amide bonds. The molecular weight excluding hydrogens is 454 g/mol. The molecule has 7 heteroatoms. The third-order valence-electron chi connectivity index (χ3n) is 4.29. The molecule has 29 heavy (non-hydrogen) atoms. The first-order chi connectivity index (χ1) is 14.0. The molecule has 0 aromatic heterocycles. The van der Waals surface area contributed by atoms with E-state index < -0.39 is 0 Å². The molecule has 1 saturated heterocycles.